The first-order valence-electron chi connectivity index (χ1n) is 5.88. The quantitative estimate of drug-likeness (QED) is 0.640. The second kappa shape index (κ2) is 6.39. The van der Waals surface area contributed by atoms with Gasteiger partial charge in [0.1, 0.15) is 0 Å². The molecule has 0 aromatic carbocycles. The summed E-state index contributed by atoms with van der Waals surface area (Å²) in [5.74, 6) is 0.167. The molecule has 5 nitrogen and oxygen atoms in total. The third kappa shape index (κ3) is 4.19. The van der Waals surface area contributed by atoms with Gasteiger partial charge in [0.2, 0.25) is 11.8 Å². The van der Waals surface area contributed by atoms with Gasteiger partial charge in [0.25, 0.3) is 0 Å². The molecule has 5 heteroatoms. The molecule has 0 aliphatic carbocycles. The molecule has 0 aromatic heterocycles. The van der Waals surface area contributed by atoms with Gasteiger partial charge < -0.3 is 14.7 Å². The Bertz CT molecular complexity index is 305. The summed E-state index contributed by atoms with van der Waals surface area (Å²) in [5.41, 5.74) is 0. The summed E-state index contributed by atoms with van der Waals surface area (Å²) in [6.45, 7) is 4.79. The zero-order chi connectivity index (χ0) is 12.8. The van der Waals surface area contributed by atoms with Crippen LogP contribution in [0.4, 0.5) is 0 Å². The van der Waals surface area contributed by atoms with E-state index in [1.54, 1.807) is 17.1 Å². The summed E-state index contributed by atoms with van der Waals surface area (Å²) in [4.78, 5) is 28.8. The van der Waals surface area contributed by atoms with E-state index in [1.807, 2.05) is 30.8 Å². The van der Waals surface area contributed by atoms with Gasteiger partial charge in [-0.1, -0.05) is 6.08 Å². The van der Waals surface area contributed by atoms with Crippen molar-refractivity contribution in [2.45, 2.75) is 6.92 Å². The summed E-state index contributed by atoms with van der Waals surface area (Å²) < 4.78 is 0. The molecular weight excluding hydrogens is 218 g/mol. The molecule has 0 bridgehead atoms. The van der Waals surface area contributed by atoms with Crippen LogP contribution in [0, 0.1) is 0 Å². The molecule has 1 rings (SSSR count). The number of hydrogen-bond donors (Lipinski definition) is 0. The molecule has 1 aliphatic heterocycles. The van der Waals surface area contributed by atoms with Gasteiger partial charge in [-0.15, -0.1) is 0 Å². The summed E-state index contributed by atoms with van der Waals surface area (Å²) in [6.07, 6.45) is 3.31. The van der Waals surface area contributed by atoms with E-state index < -0.39 is 0 Å². The molecule has 1 aliphatic rings. The molecule has 0 N–H and O–H groups in total. The number of rotatable bonds is 3. The van der Waals surface area contributed by atoms with Crippen LogP contribution in [0.5, 0.6) is 0 Å². The molecule has 0 unspecified atom stereocenters. The van der Waals surface area contributed by atoms with Crippen LogP contribution in [0.25, 0.3) is 0 Å². The van der Waals surface area contributed by atoms with Crippen LogP contribution in [0.15, 0.2) is 12.2 Å². The Hall–Kier alpha value is -1.36. The number of allylic oxidation sites excluding steroid dienone is 1. The minimum absolute atomic E-state index is 0.0345. The van der Waals surface area contributed by atoms with Crippen LogP contribution < -0.4 is 0 Å². The topological polar surface area (TPSA) is 43.9 Å². The molecule has 0 saturated carbocycles. The highest BCUT2D eigenvalue weighted by Crippen LogP contribution is 2.03. The highest BCUT2D eigenvalue weighted by atomic mass is 16.2. The Morgan fingerprint density at radius 1 is 1.12 bits per heavy atom. The molecule has 0 spiro atoms. The van der Waals surface area contributed by atoms with Crippen molar-refractivity contribution in [3.8, 4) is 0 Å². The van der Waals surface area contributed by atoms with E-state index in [-0.39, 0.29) is 11.8 Å². The third-order valence-corrected chi connectivity index (χ3v) is 2.70. The molecule has 17 heavy (non-hydrogen) atoms. The largest absolute Gasteiger partial charge is 0.338 e. The normalized spacial score (nSPS) is 16.9. The molecule has 1 fully saturated rings. The highest BCUT2D eigenvalue weighted by molar-refractivity contribution is 5.87. The van der Waals surface area contributed by atoms with E-state index in [4.69, 9.17) is 0 Å². The lowest BCUT2D eigenvalue weighted by Crippen LogP contribution is -2.51. The molecule has 1 saturated heterocycles. The van der Waals surface area contributed by atoms with Crippen LogP contribution in [0.1, 0.15) is 6.92 Å². The predicted octanol–water partition coefficient (Wildman–Crippen LogP) is -0.205. The highest BCUT2D eigenvalue weighted by Gasteiger charge is 2.22. The minimum atomic E-state index is 0.0345. The van der Waals surface area contributed by atoms with Gasteiger partial charge in [0, 0.05) is 26.2 Å². The Morgan fingerprint density at radius 3 is 2.12 bits per heavy atom. The maximum absolute atomic E-state index is 11.8. The van der Waals surface area contributed by atoms with Crippen molar-refractivity contribution in [2.24, 2.45) is 0 Å². The van der Waals surface area contributed by atoms with Crippen molar-refractivity contribution >= 4 is 11.8 Å². The van der Waals surface area contributed by atoms with Crippen LogP contribution in [0.2, 0.25) is 0 Å². The first-order chi connectivity index (χ1) is 8.04. The lowest BCUT2D eigenvalue weighted by molar-refractivity contribution is -0.137. The summed E-state index contributed by atoms with van der Waals surface area (Å²) in [7, 11) is 3.76. The van der Waals surface area contributed by atoms with Gasteiger partial charge in [-0.05, 0) is 27.1 Å². The third-order valence-electron chi connectivity index (χ3n) is 2.70. The van der Waals surface area contributed by atoms with Gasteiger partial charge in [0.05, 0.1) is 6.54 Å². The first-order valence-corrected chi connectivity index (χ1v) is 5.88. The second-order valence-corrected chi connectivity index (χ2v) is 4.44. The molecule has 0 aromatic rings. The molecule has 0 radical (unpaired) electrons. The fraction of sp³-hybridized carbons (Fsp3) is 0.667. The van der Waals surface area contributed by atoms with E-state index in [0.29, 0.717) is 32.7 Å². The number of hydrogen-bond acceptors (Lipinski definition) is 3. The lowest BCUT2D eigenvalue weighted by atomic mass is 10.3. The van der Waals surface area contributed by atoms with Crippen LogP contribution in [-0.2, 0) is 9.59 Å². The average molecular weight is 239 g/mol. The maximum Gasteiger partial charge on any atom is 0.246 e. The lowest BCUT2D eigenvalue weighted by Gasteiger charge is -2.34. The predicted molar refractivity (Wildman–Crippen MR) is 66.5 cm³/mol. The molecular formula is C12H21N3O2. The van der Waals surface area contributed by atoms with Gasteiger partial charge >= 0.3 is 0 Å². The number of nitrogens with zero attached hydrogens (tertiary/aromatic N) is 3. The van der Waals surface area contributed by atoms with Gasteiger partial charge in [-0.25, -0.2) is 0 Å². The zero-order valence-corrected chi connectivity index (χ0v) is 10.8. The number of piperazine rings is 1. The van der Waals surface area contributed by atoms with Crippen molar-refractivity contribution in [3.05, 3.63) is 12.2 Å². The maximum atomic E-state index is 11.8. The molecule has 0 atom stereocenters. The Labute approximate surface area is 103 Å². The Morgan fingerprint density at radius 2 is 1.65 bits per heavy atom. The zero-order valence-electron chi connectivity index (χ0n) is 10.8. The van der Waals surface area contributed by atoms with E-state index in [2.05, 4.69) is 0 Å². The number of carbonyl (C=O) groups excluding carboxylic acids is 2. The van der Waals surface area contributed by atoms with Crippen molar-refractivity contribution in [3.63, 3.8) is 0 Å². The van der Waals surface area contributed by atoms with Crippen molar-refractivity contribution in [1.29, 1.82) is 0 Å². The smallest absolute Gasteiger partial charge is 0.246 e. The van der Waals surface area contributed by atoms with Crippen molar-refractivity contribution in [1.82, 2.24) is 14.7 Å². The first kappa shape index (κ1) is 13.7. The molecule has 96 valence electrons. The molecule has 2 amide bonds. The second-order valence-electron chi connectivity index (χ2n) is 4.44. The Kier molecular flexibility index (Phi) is 5.15. The van der Waals surface area contributed by atoms with Crippen LogP contribution in [-0.4, -0.2) is 73.3 Å². The van der Waals surface area contributed by atoms with Crippen LogP contribution >= 0.6 is 0 Å². The van der Waals surface area contributed by atoms with Crippen molar-refractivity contribution < 1.29 is 9.59 Å². The van der Waals surface area contributed by atoms with E-state index in [0.717, 1.165) is 0 Å². The molecule has 1 heterocycles. The SMILES string of the molecule is CC=CC(=O)N1CCN(C(=O)CN(C)C)CC1. The fourth-order valence-electron chi connectivity index (χ4n) is 1.79. The Balaban J connectivity index is 2.40. The number of likely N-dealkylation sites (N-methyl/N-ethyl adjacent to an activating group) is 1. The van der Waals surface area contributed by atoms with E-state index >= 15 is 0 Å². The monoisotopic (exact) mass is 239 g/mol. The van der Waals surface area contributed by atoms with Gasteiger partial charge in [-0.3, -0.25) is 9.59 Å². The number of amides is 2. The standard InChI is InChI=1S/C12H21N3O2/c1-4-5-11(16)14-6-8-15(9-7-14)12(17)10-13(2)3/h4-5H,6-10H2,1-3H3. The summed E-state index contributed by atoms with van der Waals surface area (Å²) in [6, 6.07) is 0. The van der Waals surface area contributed by atoms with Crippen molar-refractivity contribution in [2.75, 3.05) is 46.8 Å². The van der Waals surface area contributed by atoms with Gasteiger partial charge in [0.15, 0.2) is 0 Å². The number of carbonyl (C=O) groups is 2. The van der Waals surface area contributed by atoms with Crippen LogP contribution in [0.3, 0.4) is 0 Å². The van der Waals surface area contributed by atoms with E-state index in [9.17, 15) is 9.59 Å². The summed E-state index contributed by atoms with van der Waals surface area (Å²) >= 11 is 0. The van der Waals surface area contributed by atoms with Gasteiger partial charge in [-0.2, -0.15) is 0 Å². The summed E-state index contributed by atoms with van der Waals surface area (Å²) in [5, 5.41) is 0. The average Bonchev–Trinajstić information content (AvgIpc) is 2.28. The fourth-order valence-corrected chi connectivity index (χ4v) is 1.79. The van der Waals surface area contributed by atoms with E-state index in [1.165, 1.54) is 0 Å². The minimum Gasteiger partial charge on any atom is -0.338 e.